The number of benzene rings is 1. The molecule has 1 aromatic carbocycles. The SMILES string of the molecule is C=C1[C@H]2/C(=C\C=C\CC)C=C(C)N1c1ccccc12. The van der Waals surface area contributed by atoms with Gasteiger partial charge < -0.3 is 4.90 Å². The minimum absolute atomic E-state index is 0.321. The van der Waals surface area contributed by atoms with Crippen LogP contribution in [0.4, 0.5) is 5.69 Å². The Balaban J connectivity index is 2.13. The maximum atomic E-state index is 4.30. The summed E-state index contributed by atoms with van der Waals surface area (Å²) in [5.41, 5.74) is 6.43. The van der Waals surface area contributed by atoms with Crippen LogP contribution in [0.1, 0.15) is 31.7 Å². The van der Waals surface area contributed by atoms with Gasteiger partial charge in [-0.3, -0.25) is 0 Å². The summed E-state index contributed by atoms with van der Waals surface area (Å²) in [7, 11) is 0. The van der Waals surface area contributed by atoms with Gasteiger partial charge in [0, 0.05) is 17.1 Å². The lowest BCUT2D eigenvalue weighted by Crippen LogP contribution is -2.21. The number of para-hydroxylation sites is 1. The number of rotatable bonds is 2. The Bertz CT molecular complexity index is 616. The van der Waals surface area contributed by atoms with Gasteiger partial charge in [-0.15, -0.1) is 0 Å². The average Bonchev–Trinajstić information content (AvgIpc) is 2.62. The molecular weight excluding hydrogens is 230 g/mol. The van der Waals surface area contributed by atoms with Crippen LogP contribution >= 0.6 is 0 Å². The molecule has 0 aromatic heterocycles. The highest BCUT2D eigenvalue weighted by Gasteiger charge is 2.37. The zero-order valence-corrected chi connectivity index (χ0v) is 11.6. The molecule has 1 heteroatoms. The lowest BCUT2D eigenvalue weighted by molar-refractivity contribution is 0.919. The third kappa shape index (κ3) is 1.77. The normalized spacial score (nSPS) is 23.2. The molecule has 0 N–H and O–H groups in total. The molecule has 1 aromatic rings. The van der Waals surface area contributed by atoms with Crippen LogP contribution in [0.2, 0.25) is 0 Å². The predicted molar refractivity (Wildman–Crippen MR) is 82.1 cm³/mol. The van der Waals surface area contributed by atoms with Gasteiger partial charge in [0.1, 0.15) is 0 Å². The Morgan fingerprint density at radius 1 is 1.32 bits per heavy atom. The fourth-order valence-corrected chi connectivity index (χ4v) is 3.04. The zero-order valence-electron chi connectivity index (χ0n) is 11.6. The van der Waals surface area contributed by atoms with E-state index in [4.69, 9.17) is 0 Å². The number of hydrogen-bond acceptors (Lipinski definition) is 1. The molecule has 0 amide bonds. The van der Waals surface area contributed by atoms with Gasteiger partial charge in [-0.1, -0.05) is 49.9 Å². The third-order valence-corrected chi connectivity index (χ3v) is 3.83. The van der Waals surface area contributed by atoms with Crippen molar-refractivity contribution in [2.45, 2.75) is 26.2 Å². The highest BCUT2D eigenvalue weighted by atomic mass is 15.2. The third-order valence-electron chi connectivity index (χ3n) is 3.83. The minimum atomic E-state index is 0.321. The lowest BCUT2D eigenvalue weighted by Gasteiger charge is -2.28. The number of fused-ring (bicyclic) bond motifs is 5. The molecule has 1 nitrogen and oxygen atoms in total. The first kappa shape index (κ1) is 12.0. The van der Waals surface area contributed by atoms with E-state index in [9.17, 15) is 0 Å². The summed E-state index contributed by atoms with van der Waals surface area (Å²) in [5.74, 6) is 0.321. The fourth-order valence-electron chi connectivity index (χ4n) is 3.04. The summed E-state index contributed by atoms with van der Waals surface area (Å²) >= 11 is 0. The Morgan fingerprint density at radius 2 is 2.11 bits per heavy atom. The Morgan fingerprint density at radius 3 is 2.89 bits per heavy atom. The van der Waals surface area contributed by atoms with Crippen molar-refractivity contribution in [3.8, 4) is 0 Å². The second-order valence-corrected chi connectivity index (χ2v) is 5.11. The summed E-state index contributed by atoms with van der Waals surface area (Å²) < 4.78 is 0. The summed E-state index contributed by atoms with van der Waals surface area (Å²) in [6.07, 6.45) is 9.91. The second kappa shape index (κ2) is 4.58. The van der Waals surface area contributed by atoms with Gasteiger partial charge in [-0.2, -0.15) is 0 Å². The van der Waals surface area contributed by atoms with Crippen LogP contribution in [0.25, 0.3) is 0 Å². The Kier molecular flexibility index (Phi) is 2.90. The maximum Gasteiger partial charge on any atom is 0.0512 e. The highest BCUT2D eigenvalue weighted by molar-refractivity contribution is 5.77. The standard InChI is InChI=1S/C18H19N/c1-4-5-6-9-15-12-13(2)19-14(3)18(15)16-10-7-8-11-17(16)19/h5-12,18H,3-4H2,1-2H3/b6-5+,15-9-/t18-/m0/s1. The van der Waals surface area contributed by atoms with E-state index in [1.54, 1.807) is 0 Å². The van der Waals surface area contributed by atoms with Crippen LogP contribution in [-0.4, -0.2) is 0 Å². The molecule has 3 rings (SSSR count). The fraction of sp³-hybridized carbons (Fsp3) is 0.222. The predicted octanol–water partition coefficient (Wildman–Crippen LogP) is 4.91. The van der Waals surface area contributed by atoms with Crippen molar-refractivity contribution in [2.24, 2.45) is 0 Å². The van der Waals surface area contributed by atoms with Crippen LogP contribution in [0.15, 0.2) is 72.1 Å². The van der Waals surface area contributed by atoms with Gasteiger partial charge >= 0.3 is 0 Å². The molecule has 0 saturated heterocycles. The van der Waals surface area contributed by atoms with E-state index < -0.39 is 0 Å². The summed E-state index contributed by atoms with van der Waals surface area (Å²) in [5, 5.41) is 0. The van der Waals surface area contributed by atoms with Crippen LogP contribution in [0, 0.1) is 0 Å². The van der Waals surface area contributed by atoms with Gasteiger partial charge in [-0.25, -0.2) is 0 Å². The van der Waals surface area contributed by atoms with Crippen LogP contribution < -0.4 is 4.90 Å². The minimum Gasteiger partial charge on any atom is -0.318 e. The molecule has 0 radical (unpaired) electrons. The van der Waals surface area contributed by atoms with Crippen molar-refractivity contribution < 1.29 is 0 Å². The molecule has 0 spiro atoms. The highest BCUT2D eigenvalue weighted by Crippen LogP contribution is 2.51. The number of nitrogens with zero attached hydrogens (tertiary/aromatic N) is 1. The van der Waals surface area contributed by atoms with Crippen LogP contribution in [-0.2, 0) is 0 Å². The van der Waals surface area contributed by atoms with Gasteiger partial charge in [0.25, 0.3) is 0 Å². The zero-order chi connectivity index (χ0) is 13.4. The van der Waals surface area contributed by atoms with Gasteiger partial charge in [-0.05, 0) is 36.6 Å². The molecule has 96 valence electrons. The second-order valence-electron chi connectivity index (χ2n) is 5.11. The quantitative estimate of drug-likeness (QED) is 0.719. The molecular formula is C18H19N. The van der Waals surface area contributed by atoms with Gasteiger partial charge in [0.15, 0.2) is 0 Å². The van der Waals surface area contributed by atoms with Crippen molar-refractivity contribution in [3.05, 3.63) is 77.7 Å². The molecule has 2 aliphatic heterocycles. The first-order valence-electron chi connectivity index (χ1n) is 6.87. The molecule has 19 heavy (non-hydrogen) atoms. The number of allylic oxidation sites excluding steroid dienone is 6. The Labute approximate surface area is 115 Å². The molecule has 0 unspecified atom stereocenters. The van der Waals surface area contributed by atoms with Gasteiger partial charge in [0.2, 0.25) is 0 Å². The molecule has 2 heterocycles. The van der Waals surface area contributed by atoms with Crippen molar-refractivity contribution in [2.75, 3.05) is 4.90 Å². The van der Waals surface area contributed by atoms with E-state index in [1.165, 1.54) is 28.2 Å². The molecule has 0 fully saturated rings. The van der Waals surface area contributed by atoms with E-state index in [0.717, 1.165) is 6.42 Å². The Hall–Kier alpha value is -2.02. The molecule has 0 aliphatic carbocycles. The smallest absolute Gasteiger partial charge is 0.0512 e. The first-order valence-corrected chi connectivity index (χ1v) is 6.87. The van der Waals surface area contributed by atoms with E-state index in [0.29, 0.717) is 5.92 Å². The number of anilines is 1. The molecule has 0 saturated carbocycles. The molecule has 1 atom stereocenters. The summed E-state index contributed by atoms with van der Waals surface area (Å²) in [6.45, 7) is 8.61. The van der Waals surface area contributed by atoms with Gasteiger partial charge in [0.05, 0.1) is 5.92 Å². The van der Waals surface area contributed by atoms with Crippen molar-refractivity contribution in [1.29, 1.82) is 0 Å². The summed E-state index contributed by atoms with van der Waals surface area (Å²) in [6, 6.07) is 8.61. The van der Waals surface area contributed by atoms with Crippen molar-refractivity contribution >= 4 is 5.69 Å². The topological polar surface area (TPSA) is 3.24 Å². The monoisotopic (exact) mass is 249 g/mol. The van der Waals surface area contributed by atoms with Crippen molar-refractivity contribution in [1.82, 2.24) is 0 Å². The van der Waals surface area contributed by atoms with Crippen LogP contribution in [0.5, 0.6) is 0 Å². The van der Waals surface area contributed by atoms with Crippen LogP contribution in [0.3, 0.4) is 0 Å². The van der Waals surface area contributed by atoms with E-state index in [2.05, 4.69) is 73.9 Å². The molecule has 2 bridgehead atoms. The first-order chi connectivity index (χ1) is 9.24. The lowest BCUT2D eigenvalue weighted by atomic mass is 9.88. The van der Waals surface area contributed by atoms with Crippen molar-refractivity contribution in [3.63, 3.8) is 0 Å². The largest absolute Gasteiger partial charge is 0.318 e. The maximum absolute atomic E-state index is 4.30. The number of hydrogen-bond donors (Lipinski definition) is 0. The summed E-state index contributed by atoms with van der Waals surface area (Å²) in [4.78, 5) is 2.28. The average molecular weight is 249 g/mol. The van der Waals surface area contributed by atoms with E-state index in [1.807, 2.05) is 0 Å². The van der Waals surface area contributed by atoms with E-state index in [-0.39, 0.29) is 0 Å². The van der Waals surface area contributed by atoms with E-state index >= 15 is 0 Å². The molecule has 2 aliphatic rings.